The number of aromatic nitrogens is 3. The van der Waals surface area contributed by atoms with E-state index in [4.69, 9.17) is 9.47 Å². The van der Waals surface area contributed by atoms with Crippen LogP contribution in [-0.4, -0.2) is 41.5 Å². The Hall–Kier alpha value is -2.13. The molecule has 0 unspecified atom stereocenters. The Bertz CT molecular complexity index is 695. The molecule has 1 saturated heterocycles. The Balaban J connectivity index is 1.89. The highest BCUT2D eigenvalue weighted by molar-refractivity contribution is 5.38. The van der Waals surface area contributed by atoms with Crippen molar-refractivity contribution in [1.29, 1.82) is 0 Å². The lowest BCUT2D eigenvalue weighted by Crippen LogP contribution is -2.18. The van der Waals surface area contributed by atoms with Crippen LogP contribution in [0, 0.1) is 0 Å². The minimum absolute atomic E-state index is 0.179. The fraction of sp³-hybridized carbons (Fsp3) is 0.500. The first-order chi connectivity index (χ1) is 12.0. The zero-order valence-electron chi connectivity index (χ0n) is 13.6. The van der Waals surface area contributed by atoms with Crippen LogP contribution in [0.3, 0.4) is 0 Å². The summed E-state index contributed by atoms with van der Waals surface area (Å²) in [5.41, 5.74) is 0.617. The monoisotopic (exact) mass is 357 g/mol. The molecule has 1 aromatic carbocycles. The third kappa shape index (κ3) is 4.49. The first kappa shape index (κ1) is 17.7. The van der Waals surface area contributed by atoms with Crippen molar-refractivity contribution in [2.24, 2.45) is 0 Å². The molecule has 0 N–H and O–H groups in total. The summed E-state index contributed by atoms with van der Waals surface area (Å²) in [4.78, 5) is 4.54. The highest BCUT2D eigenvalue weighted by Gasteiger charge is 2.31. The van der Waals surface area contributed by atoms with Gasteiger partial charge in [0.05, 0.1) is 5.69 Å². The molecule has 6 nitrogen and oxygen atoms in total. The minimum atomic E-state index is -4.71. The Morgan fingerprint density at radius 3 is 2.48 bits per heavy atom. The predicted molar refractivity (Wildman–Crippen MR) is 81.5 cm³/mol. The Kier molecular flexibility index (Phi) is 5.24. The molecule has 1 fully saturated rings. The second kappa shape index (κ2) is 7.40. The first-order valence-corrected chi connectivity index (χ1v) is 7.85. The fourth-order valence-corrected chi connectivity index (χ4v) is 2.76. The Labute approximate surface area is 142 Å². The lowest BCUT2D eigenvalue weighted by molar-refractivity contribution is -0.274. The summed E-state index contributed by atoms with van der Waals surface area (Å²) in [7, 11) is 1.55. The van der Waals surface area contributed by atoms with Gasteiger partial charge in [-0.3, -0.25) is 0 Å². The van der Waals surface area contributed by atoms with E-state index < -0.39 is 6.36 Å². The van der Waals surface area contributed by atoms with Crippen molar-refractivity contribution in [3.8, 4) is 11.4 Å². The second-order valence-electron chi connectivity index (χ2n) is 5.66. The number of rotatable bonds is 5. The van der Waals surface area contributed by atoms with Gasteiger partial charge in [0.2, 0.25) is 0 Å². The van der Waals surface area contributed by atoms with Crippen molar-refractivity contribution >= 4 is 0 Å². The van der Waals surface area contributed by atoms with E-state index in [1.165, 1.54) is 24.3 Å². The van der Waals surface area contributed by atoms with Crippen molar-refractivity contribution in [1.82, 2.24) is 14.8 Å². The topological polar surface area (TPSA) is 58.4 Å². The third-order valence-corrected chi connectivity index (χ3v) is 3.85. The number of nitrogens with zero attached hydrogens (tertiary/aromatic N) is 3. The number of benzene rings is 1. The molecular weight excluding hydrogens is 339 g/mol. The van der Waals surface area contributed by atoms with Gasteiger partial charge in [-0.1, -0.05) is 0 Å². The van der Waals surface area contributed by atoms with E-state index >= 15 is 0 Å². The largest absolute Gasteiger partial charge is 0.573 e. The van der Waals surface area contributed by atoms with Crippen molar-refractivity contribution in [3.05, 3.63) is 35.9 Å². The van der Waals surface area contributed by atoms with Crippen molar-refractivity contribution < 1.29 is 27.4 Å². The smallest absolute Gasteiger partial charge is 0.406 e. The molecule has 0 aliphatic carbocycles. The van der Waals surface area contributed by atoms with Crippen LogP contribution in [0.4, 0.5) is 13.2 Å². The van der Waals surface area contributed by atoms with Crippen molar-refractivity contribution in [2.75, 3.05) is 20.3 Å². The average molecular weight is 357 g/mol. The maximum atomic E-state index is 12.3. The SMILES string of the molecule is COCc1nc(C2CCOCC2)n(-c2ccc(OC(F)(F)F)cc2)n1. The summed E-state index contributed by atoms with van der Waals surface area (Å²) < 4.78 is 52.9. The molecule has 0 spiro atoms. The van der Waals surface area contributed by atoms with Gasteiger partial charge >= 0.3 is 6.36 Å². The molecule has 25 heavy (non-hydrogen) atoms. The molecule has 2 aromatic rings. The highest BCUT2D eigenvalue weighted by atomic mass is 19.4. The van der Waals surface area contributed by atoms with Crippen LogP contribution in [0.15, 0.2) is 24.3 Å². The van der Waals surface area contributed by atoms with Crippen molar-refractivity contribution in [2.45, 2.75) is 31.7 Å². The molecule has 0 amide bonds. The maximum Gasteiger partial charge on any atom is 0.573 e. The quantitative estimate of drug-likeness (QED) is 0.822. The average Bonchev–Trinajstić information content (AvgIpc) is 2.99. The molecule has 1 aromatic heterocycles. The summed E-state index contributed by atoms with van der Waals surface area (Å²) in [5.74, 6) is 1.19. The van der Waals surface area contributed by atoms with Crippen LogP contribution in [0.25, 0.3) is 5.69 Å². The van der Waals surface area contributed by atoms with Crippen LogP contribution in [0.1, 0.15) is 30.4 Å². The molecule has 1 aliphatic heterocycles. The molecule has 0 bridgehead atoms. The van der Waals surface area contributed by atoms with Crippen LogP contribution in [0.5, 0.6) is 5.75 Å². The van der Waals surface area contributed by atoms with Gasteiger partial charge in [0.25, 0.3) is 0 Å². The number of hydrogen-bond acceptors (Lipinski definition) is 5. The number of methoxy groups -OCH3 is 1. The Morgan fingerprint density at radius 2 is 1.88 bits per heavy atom. The molecule has 0 saturated carbocycles. The van der Waals surface area contributed by atoms with Gasteiger partial charge in [-0.25, -0.2) is 9.67 Å². The molecule has 9 heteroatoms. The lowest BCUT2D eigenvalue weighted by Gasteiger charge is -2.21. The standard InChI is InChI=1S/C16H18F3N3O3/c1-23-10-14-20-15(11-6-8-24-9-7-11)22(21-14)12-2-4-13(5-3-12)25-16(17,18)19/h2-5,11H,6-10H2,1H3. The fourth-order valence-electron chi connectivity index (χ4n) is 2.76. The number of halogens is 3. The molecule has 2 heterocycles. The van der Waals surface area contributed by atoms with Gasteiger partial charge < -0.3 is 14.2 Å². The summed E-state index contributed by atoms with van der Waals surface area (Å²) in [6, 6.07) is 5.56. The van der Waals surface area contributed by atoms with Gasteiger partial charge in [0.15, 0.2) is 5.82 Å². The van der Waals surface area contributed by atoms with E-state index in [9.17, 15) is 13.2 Å². The van der Waals surface area contributed by atoms with E-state index in [2.05, 4.69) is 14.8 Å². The van der Waals surface area contributed by atoms with Gasteiger partial charge in [-0.2, -0.15) is 0 Å². The molecule has 1 aliphatic rings. The molecule has 136 valence electrons. The van der Waals surface area contributed by atoms with E-state index in [1.54, 1.807) is 11.8 Å². The molecule has 3 rings (SSSR count). The number of ether oxygens (including phenoxy) is 3. The first-order valence-electron chi connectivity index (χ1n) is 7.85. The molecule has 0 atom stereocenters. The highest BCUT2D eigenvalue weighted by Crippen LogP contribution is 2.29. The zero-order chi connectivity index (χ0) is 17.9. The van der Waals surface area contributed by atoms with E-state index in [0.717, 1.165) is 18.7 Å². The van der Waals surface area contributed by atoms with Gasteiger partial charge in [0.1, 0.15) is 18.2 Å². The van der Waals surface area contributed by atoms with E-state index in [1.807, 2.05) is 0 Å². The minimum Gasteiger partial charge on any atom is -0.406 e. The summed E-state index contributed by atoms with van der Waals surface area (Å²) in [5, 5.41) is 4.43. The van der Waals surface area contributed by atoms with Crippen LogP contribution in [-0.2, 0) is 16.1 Å². The number of hydrogen-bond donors (Lipinski definition) is 0. The van der Waals surface area contributed by atoms with E-state index in [-0.39, 0.29) is 18.3 Å². The van der Waals surface area contributed by atoms with Gasteiger partial charge in [-0.05, 0) is 37.1 Å². The van der Waals surface area contributed by atoms with E-state index in [0.29, 0.717) is 24.7 Å². The Morgan fingerprint density at radius 1 is 1.20 bits per heavy atom. The maximum absolute atomic E-state index is 12.3. The summed E-state index contributed by atoms with van der Waals surface area (Å²) in [6.45, 7) is 1.56. The second-order valence-corrected chi connectivity index (χ2v) is 5.66. The predicted octanol–water partition coefficient (Wildman–Crippen LogP) is 3.21. The third-order valence-electron chi connectivity index (χ3n) is 3.85. The van der Waals surface area contributed by atoms with Gasteiger partial charge in [-0.15, -0.1) is 18.3 Å². The number of alkyl halides is 3. The zero-order valence-corrected chi connectivity index (χ0v) is 13.6. The molecule has 0 radical (unpaired) electrons. The lowest BCUT2D eigenvalue weighted by atomic mass is 9.99. The van der Waals surface area contributed by atoms with Crippen LogP contribution >= 0.6 is 0 Å². The van der Waals surface area contributed by atoms with Crippen LogP contribution in [0.2, 0.25) is 0 Å². The normalized spacial score (nSPS) is 16.2. The summed E-state index contributed by atoms with van der Waals surface area (Å²) >= 11 is 0. The molecular formula is C16H18F3N3O3. The van der Waals surface area contributed by atoms with Crippen molar-refractivity contribution in [3.63, 3.8) is 0 Å². The van der Waals surface area contributed by atoms with Crippen LogP contribution < -0.4 is 4.74 Å². The summed E-state index contributed by atoms with van der Waals surface area (Å²) in [6.07, 6.45) is -3.07. The van der Waals surface area contributed by atoms with Gasteiger partial charge in [0, 0.05) is 26.2 Å².